The third kappa shape index (κ3) is 4.36. The molecule has 164 valence electrons. The van der Waals surface area contributed by atoms with Gasteiger partial charge >= 0.3 is 0 Å². The van der Waals surface area contributed by atoms with Gasteiger partial charge < -0.3 is 0 Å². The monoisotopic (exact) mass is 566 g/mol. The Labute approximate surface area is 213 Å². The van der Waals surface area contributed by atoms with E-state index in [1.807, 2.05) is 35.0 Å². The van der Waals surface area contributed by atoms with Gasteiger partial charge in [0.1, 0.15) is 10.7 Å². The first kappa shape index (κ1) is 22.4. The van der Waals surface area contributed by atoms with Gasteiger partial charge in [0.05, 0.1) is 20.9 Å². The number of halogens is 4. The fourth-order valence-electron chi connectivity index (χ4n) is 4.06. The van der Waals surface area contributed by atoms with E-state index in [9.17, 15) is 0 Å². The first-order valence-electron chi connectivity index (χ1n) is 10.3. The van der Waals surface area contributed by atoms with Crippen molar-refractivity contribution in [1.82, 2.24) is 20.0 Å². The Morgan fingerprint density at radius 2 is 1.62 bits per heavy atom. The highest BCUT2D eigenvalue weighted by molar-refractivity contribution is 9.10. The van der Waals surface area contributed by atoms with Gasteiger partial charge in [0.25, 0.3) is 0 Å². The molecular weight excluding hydrogens is 551 g/mol. The van der Waals surface area contributed by atoms with Crippen LogP contribution in [0.5, 0.6) is 0 Å². The minimum absolute atomic E-state index is 0.498. The maximum Gasteiger partial charge on any atom is 0.169 e. The molecule has 5 rings (SSSR count). The van der Waals surface area contributed by atoms with Crippen LogP contribution in [0.25, 0.3) is 27.6 Å². The first-order chi connectivity index (χ1) is 15.5. The summed E-state index contributed by atoms with van der Waals surface area (Å²) in [5.41, 5.74) is 3.27. The highest BCUT2D eigenvalue weighted by Gasteiger charge is 2.26. The normalized spacial score (nSPS) is 14.8. The van der Waals surface area contributed by atoms with E-state index in [4.69, 9.17) is 39.9 Å². The highest BCUT2D eigenvalue weighted by atomic mass is 79.9. The zero-order chi connectivity index (χ0) is 22.2. The molecule has 0 unspecified atom stereocenters. The van der Waals surface area contributed by atoms with Crippen LogP contribution in [0.3, 0.4) is 0 Å². The Hall–Kier alpha value is -1.44. The van der Waals surface area contributed by atoms with Crippen LogP contribution in [0.1, 0.15) is 43.0 Å². The molecule has 0 saturated heterocycles. The fraction of sp³-hybridized carbons (Fsp3) is 0.261. The van der Waals surface area contributed by atoms with Gasteiger partial charge in [0.2, 0.25) is 0 Å². The molecule has 0 atom stereocenters. The molecule has 0 amide bonds. The van der Waals surface area contributed by atoms with Crippen LogP contribution in [-0.4, -0.2) is 20.0 Å². The van der Waals surface area contributed by atoms with Crippen molar-refractivity contribution in [3.8, 4) is 27.6 Å². The number of hydrogen-bond donors (Lipinski definition) is 0. The lowest BCUT2D eigenvalue weighted by Crippen LogP contribution is -2.03. The van der Waals surface area contributed by atoms with Crippen molar-refractivity contribution >= 4 is 62.1 Å². The molecule has 0 radical (unpaired) electrons. The largest absolute Gasteiger partial charge is 0.230 e. The van der Waals surface area contributed by atoms with E-state index in [-0.39, 0.29) is 0 Å². The lowest BCUT2D eigenvalue weighted by Gasteiger charge is -2.18. The Balaban J connectivity index is 1.64. The molecule has 0 spiro atoms. The predicted octanol–water partition coefficient (Wildman–Crippen LogP) is 8.83. The second-order valence-electron chi connectivity index (χ2n) is 7.81. The van der Waals surface area contributed by atoms with Crippen LogP contribution in [-0.2, 0) is 0 Å². The van der Waals surface area contributed by atoms with Gasteiger partial charge in [0.15, 0.2) is 5.01 Å². The second kappa shape index (κ2) is 9.43. The van der Waals surface area contributed by atoms with Gasteiger partial charge in [-0.2, -0.15) is 5.10 Å². The highest BCUT2D eigenvalue weighted by Crippen LogP contribution is 2.42. The van der Waals surface area contributed by atoms with Crippen LogP contribution < -0.4 is 0 Å². The van der Waals surface area contributed by atoms with Crippen molar-refractivity contribution in [3.05, 3.63) is 67.0 Å². The van der Waals surface area contributed by atoms with E-state index in [0.717, 1.165) is 37.1 Å². The SMILES string of the molecule is Clc1ccc(-c2c(Br)c(-c3nnc(C4CCCCC4)s3)nn2-c2ccc(Cl)cc2Cl)cc1. The molecule has 0 bridgehead atoms. The Bertz CT molecular complexity index is 1260. The fourth-order valence-corrected chi connectivity index (χ4v) is 6.48. The molecule has 1 aliphatic carbocycles. The smallest absolute Gasteiger partial charge is 0.169 e. The molecular formula is C23H18BrCl3N4S. The molecule has 4 aromatic rings. The van der Waals surface area contributed by atoms with Crippen molar-refractivity contribution in [3.63, 3.8) is 0 Å². The van der Waals surface area contributed by atoms with Crippen molar-refractivity contribution in [1.29, 1.82) is 0 Å². The number of aromatic nitrogens is 4. The van der Waals surface area contributed by atoms with E-state index in [2.05, 4.69) is 26.1 Å². The van der Waals surface area contributed by atoms with Crippen molar-refractivity contribution in [2.24, 2.45) is 0 Å². The van der Waals surface area contributed by atoms with Gasteiger partial charge in [-0.15, -0.1) is 10.2 Å². The molecule has 0 N–H and O–H groups in total. The van der Waals surface area contributed by atoms with E-state index < -0.39 is 0 Å². The third-order valence-corrected chi connectivity index (χ3v) is 8.31. The van der Waals surface area contributed by atoms with E-state index in [1.165, 1.54) is 32.1 Å². The summed E-state index contributed by atoms with van der Waals surface area (Å²) in [6.07, 6.45) is 6.19. The molecule has 2 aromatic heterocycles. The molecule has 1 aliphatic rings. The minimum Gasteiger partial charge on any atom is -0.230 e. The molecule has 1 fully saturated rings. The van der Waals surface area contributed by atoms with E-state index in [1.54, 1.807) is 23.5 Å². The summed E-state index contributed by atoms with van der Waals surface area (Å²) >= 11 is 24.2. The average molecular weight is 569 g/mol. The molecule has 4 nitrogen and oxygen atoms in total. The zero-order valence-electron chi connectivity index (χ0n) is 16.9. The lowest BCUT2D eigenvalue weighted by molar-refractivity contribution is 0.440. The lowest BCUT2D eigenvalue weighted by atomic mass is 9.90. The van der Waals surface area contributed by atoms with Gasteiger partial charge in [0, 0.05) is 21.5 Å². The Morgan fingerprint density at radius 3 is 2.34 bits per heavy atom. The summed E-state index contributed by atoms with van der Waals surface area (Å²) < 4.78 is 2.65. The summed E-state index contributed by atoms with van der Waals surface area (Å²) in [5.74, 6) is 0.498. The van der Waals surface area contributed by atoms with E-state index >= 15 is 0 Å². The van der Waals surface area contributed by atoms with Gasteiger partial charge in [-0.3, -0.25) is 0 Å². The van der Waals surface area contributed by atoms with Crippen LogP contribution >= 0.6 is 62.1 Å². The predicted molar refractivity (Wildman–Crippen MR) is 136 cm³/mol. The van der Waals surface area contributed by atoms with Crippen LogP contribution in [0.15, 0.2) is 46.9 Å². The summed E-state index contributed by atoms with van der Waals surface area (Å²) in [6.45, 7) is 0. The number of hydrogen-bond acceptors (Lipinski definition) is 4. The molecule has 2 heterocycles. The Kier molecular flexibility index (Phi) is 6.59. The molecule has 1 saturated carbocycles. The summed E-state index contributed by atoms with van der Waals surface area (Å²) in [4.78, 5) is 0. The second-order valence-corrected chi connectivity index (χ2v) is 10.9. The Morgan fingerprint density at radius 1 is 0.906 bits per heavy atom. The van der Waals surface area contributed by atoms with Crippen molar-refractivity contribution in [2.45, 2.75) is 38.0 Å². The number of benzene rings is 2. The van der Waals surface area contributed by atoms with E-state index in [0.29, 0.717) is 21.0 Å². The minimum atomic E-state index is 0.498. The zero-order valence-corrected chi connectivity index (χ0v) is 21.5. The maximum absolute atomic E-state index is 6.55. The standard InChI is InChI=1S/C23H18BrCl3N4S/c24-19-20(23-29-28-22(32-23)14-4-2-1-3-5-14)30-31(18-11-10-16(26)12-17(18)27)21(19)13-6-8-15(25)9-7-13/h6-12,14H,1-5H2. The molecule has 0 aliphatic heterocycles. The van der Waals surface area contributed by atoms with Crippen molar-refractivity contribution < 1.29 is 0 Å². The topological polar surface area (TPSA) is 43.6 Å². The van der Waals surface area contributed by atoms with Gasteiger partial charge in [-0.05, 0) is 59.1 Å². The summed E-state index contributed by atoms with van der Waals surface area (Å²) in [5, 5.41) is 17.6. The number of rotatable bonds is 4. The average Bonchev–Trinajstić information content (AvgIpc) is 3.40. The van der Waals surface area contributed by atoms with Crippen LogP contribution in [0.4, 0.5) is 0 Å². The van der Waals surface area contributed by atoms with Crippen LogP contribution in [0, 0.1) is 0 Å². The van der Waals surface area contributed by atoms with Gasteiger partial charge in [-0.1, -0.05) is 77.5 Å². The maximum atomic E-state index is 6.55. The van der Waals surface area contributed by atoms with Crippen molar-refractivity contribution in [2.75, 3.05) is 0 Å². The summed E-state index contributed by atoms with van der Waals surface area (Å²) in [6, 6.07) is 13.0. The third-order valence-electron chi connectivity index (χ3n) is 5.68. The molecule has 2 aromatic carbocycles. The van der Waals surface area contributed by atoms with Gasteiger partial charge in [-0.25, -0.2) is 4.68 Å². The first-order valence-corrected chi connectivity index (χ1v) is 13.1. The summed E-state index contributed by atoms with van der Waals surface area (Å²) in [7, 11) is 0. The molecule has 9 heteroatoms. The quantitative estimate of drug-likeness (QED) is 0.247. The number of nitrogens with zero attached hydrogens (tertiary/aromatic N) is 4. The van der Waals surface area contributed by atoms with Crippen LogP contribution in [0.2, 0.25) is 15.1 Å². The molecule has 32 heavy (non-hydrogen) atoms.